The van der Waals surface area contributed by atoms with Crippen LogP contribution in [0.4, 0.5) is 11.4 Å². The van der Waals surface area contributed by atoms with Crippen molar-refractivity contribution in [1.29, 1.82) is 0 Å². The largest absolute Gasteiger partial charge is 0.496 e. The molecule has 0 atom stereocenters. The number of nitrogens with zero attached hydrogens (tertiary/aromatic N) is 6. The number of nitrogens with one attached hydrogen (secondary N) is 1. The minimum Gasteiger partial charge on any atom is -0.496 e. The second-order valence-corrected chi connectivity index (χ2v) is 19.1. The number of piperidine rings is 3. The van der Waals surface area contributed by atoms with Crippen molar-refractivity contribution in [3.8, 4) is 11.5 Å². The van der Waals surface area contributed by atoms with Gasteiger partial charge in [0.05, 0.1) is 14.2 Å². The number of piperazine rings is 1. The highest BCUT2D eigenvalue weighted by Gasteiger charge is 2.24. The van der Waals surface area contributed by atoms with Crippen molar-refractivity contribution in [2.24, 2.45) is 11.5 Å². The molecule has 4 aliphatic rings. The van der Waals surface area contributed by atoms with E-state index in [1.807, 2.05) is 36.4 Å². The van der Waals surface area contributed by atoms with E-state index >= 15 is 0 Å². The van der Waals surface area contributed by atoms with Gasteiger partial charge in [-0.15, -0.1) is 0 Å². The summed E-state index contributed by atoms with van der Waals surface area (Å²) in [6.45, 7) is 12.9. The SMILES string of the molecule is COc1ccc(N2CCCCC2)cc1CCN1CCC(n2ccc3ccc(C(N)=O)cc32)CC1.COc1ccc(N2CCNCC2)cc1CCN1CCC(n2ccc3ccc(C(N)=O)cc32)CC1. The van der Waals surface area contributed by atoms with Crippen molar-refractivity contribution in [3.05, 3.63) is 120 Å². The molecule has 6 aromatic rings. The number of methoxy groups -OCH3 is 2. The number of primary amides is 2. The van der Waals surface area contributed by atoms with Gasteiger partial charge >= 0.3 is 0 Å². The number of carbonyl (C=O) groups excluding carboxylic acids is 2. The molecule has 4 saturated heterocycles. The Kier molecular flexibility index (Phi) is 15.2. The number of anilines is 2. The smallest absolute Gasteiger partial charge is 0.248 e. The van der Waals surface area contributed by atoms with Gasteiger partial charge in [0, 0.05) is 137 Å². The molecule has 2 amide bonds. The summed E-state index contributed by atoms with van der Waals surface area (Å²) in [5, 5.41) is 5.74. The van der Waals surface area contributed by atoms with Crippen molar-refractivity contribution in [1.82, 2.24) is 24.3 Å². The van der Waals surface area contributed by atoms with Crippen LogP contribution in [0.5, 0.6) is 11.5 Å². The molecule has 0 unspecified atom stereocenters. The third kappa shape index (κ3) is 11.0. The first-order chi connectivity index (χ1) is 33.2. The number of nitrogens with two attached hydrogens (primary N) is 2. The van der Waals surface area contributed by atoms with Crippen LogP contribution in [0.3, 0.4) is 0 Å². The Bertz CT molecular complexity index is 2470. The van der Waals surface area contributed by atoms with E-state index in [2.05, 4.69) is 95.0 Å². The predicted octanol–water partition coefficient (Wildman–Crippen LogP) is 7.66. The van der Waals surface area contributed by atoms with Crippen LogP contribution in [-0.2, 0) is 12.8 Å². The van der Waals surface area contributed by atoms with Gasteiger partial charge in [-0.05, 0) is 152 Å². The van der Waals surface area contributed by atoms with E-state index in [0.29, 0.717) is 23.2 Å². The first-order valence-corrected chi connectivity index (χ1v) is 25.0. The van der Waals surface area contributed by atoms with Gasteiger partial charge in [0.25, 0.3) is 0 Å². The van der Waals surface area contributed by atoms with Crippen molar-refractivity contribution >= 4 is 45.0 Å². The van der Waals surface area contributed by atoms with Crippen LogP contribution in [0.25, 0.3) is 21.8 Å². The maximum Gasteiger partial charge on any atom is 0.248 e. The fraction of sp³-hybridized carbons (Fsp3) is 0.455. The summed E-state index contributed by atoms with van der Waals surface area (Å²) >= 11 is 0. The highest BCUT2D eigenvalue weighted by atomic mass is 16.5. The molecule has 4 aromatic carbocycles. The molecule has 0 radical (unpaired) electrons. The summed E-state index contributed by atoms with van der Waals surface area (Å²) in [6.07, 6.45) is 14.6. The third-order valence-electron chi connectivity index (χ3n) is 15.0. The molecule has 4 aliphatic heterocycles. The molecule has 0 spiro atoms. The summed E-state index contributed by atoms with van der Waals surface area (Å²) in [4.78, 5) is 33.4. The van der Waals surface area contributed by atoms with Crippen molar-refractivity contribution < 1.29 is 19.1 Å². The zero-order valence-corrected chi connectivity index (χ0v) is 40.2. The molecule has 0 saturated carbocycles. The molecular formula is C55H71N9O4. The Morgan fingerprint density at radius 3 is 1.41 bits per heavy atom. The van der Waals surface area contributed by atoms with Crippen molar-refractivity contribution in [2.75, 3.05) is 103 Å². The number of amides is 2. The number of likely N-dealkylation sites (tertiary alicyclic amines) is 2. The molecule has 68 heavy (non-hydrogen) atoms. The second kappa shape index (κ2) is 21.9. The van der Waals surface area contributed by atoms with Gasteiger partial charge in [-0.1, -0.05) is 12.1 Å². The minimum atomic E-state index is -0.374. The number of rotatable bonds is 14. The number of aromatic nitrogens is 2. The number of benzene rings is 4. The molecule has 6 heterocycles. The Morgan fingerprint density at radius 1 is 0.544 bits per heavy atom. The Morgan fingerprint density at radius 2 is 0.985 bits per heavy atom. The van der Waals surface area contributed by atoms with Gasteiger partial charge < -0.3 is 55.0 Å². The molecule has 360 valence electrons. The van der Waals surface area contributed by atoms with Crippen LogP contribution >= 0.6 is 0 Å². The number of fused-ring (bicyclic) bond motifs is 2. The highest BCUT2D eigenvalue weighted by Crippen LogP contribution is 2.33. The van der Waals surface area contributed by atoms with Crippen molar-refractivity contribution in [3.63, 3.8) is 0 Å². The summed E-state index contributed by atoms with van der Waals surface area (Å²) in [5.74, 6) is 1.24. The van der Waals surface area contributed by atoms with E-state index in [0.717, 1.165) is 150 Å². The fourth-order valence-electron chi connectivity index (χ4n) is 11.0. The van der Waals surface area contributed by atoms with Gasteiger partial charge in [0.1, 0.15) is 11.5 Å². The van der Waals surface area contributed by atoms with Gasteiger partial charge in [-0.3, -0.25) is 9.59 Å². The molecule has 0 bridgehead atoms. The number of hydrogen-bond donors (Lipinski definition) is 3. The highest BCUT2D eigenvalue weighted by molar-refractivity contribution is 5.97. The molecular weight excluding hydrogens is 851 g/mol. The lowest BCUT2D eigenvalue weighted by Crippen LogP contribution is -2.43. The van der Waals surface area contributed by atoms with Crippen LogP contribution < -0.4 is 36.1 Å². The lowest BCUT2D eigenvalue weighted by Gasteiger charge is -2.33. The first kappa shape index (κ1) is 47.1. The number of ether oxygens (including phenoxy) is 2. The summed E-state index contributed by atoms with van der Waals surface area (Å²) in [7, 11) is 3.54. The first-order valence-electron chi connectivity index (χ1n) is 25.0. The van der Waals surface area contributed by atoms with Crippen LogP contribution in [0.2, 0.25) is 0 Å². The zero-order valence-electron chi connectivity index (χ0n) is 40.2. The summed E-state index contributed by atoms with van der Waals surface area (Å²) in [5.41, 5.74) is 19.6. The maximum absolute atomic E-state index is 11.6. The van der Waals surface area contributed by atoms with E-state index in [1.165, 1.54) is 41.8 Å². The monoisotopic (exact) mass is 922 g/mol. The number of hydrogen-bond acceptors (Lipinski definition) is 9. The van der Waals surface area contributed by atoms with E-state index in [1.54, 1.807) is 14.2 Å². The van der Waals surface area contributed by atoms with Crippen molar-refractivity contribution in [2.45, 2.75) is 69.9 Å². The standard InChI is InChI=1S/C28H36N4O2.C27H35N5O2/c1-34-27-8-7-25(31-13-3-2-4-14-31)19-22(27)9-15-30-16-11-24(12-17-30)32-18-10-21-5-6-23(28(29)33)20-26(21)32;1-34-26-5-4-24(31-16-10-29-11-17-31)18-21(26)6-12-30-13-8-23(9-14-30)32-15-7-20-2-3-22(27(28)33)19-25(20)32/h5-8,10,18-20,24H,2-4,9,11-17H2,1H3,(H2,29,33);2-5,7,15,18-19,23,29H,6,8-14,16-17H2,1H3,(H2,28,33). The van der Waals surface area contributed by atoms with Gasteiger partial charge in [-0.25, -0.2) is 0 Å². The van der Waals surface area contributed by atoms with E-state index < -0.39 is 0 Å². The zero-order chi connectivity index (χ0) is 47.0. The third-order valence-corrected chi connectivity index (χ3v) is 15.0. The predicted molar refractivity (Wildman–Crippen MR) is 275 cm³/mol. The lowest BCUT2D eigenvalue weighted by atomic mass is 10.0. The Balaban J connectivity index is 0.000000170. The van der Waals surface area contributed by atoms with Crippen LogP contribution in [0.15, 0.2) is 97.3 Å². The number of carbonyl (C=O) groups is 2. The average Bonchev–Trinajstić information content (AvgIpc) is 4.02. The molecule has 2 aromatic heterocycles. The topological polar surface area (TPSA) is 139 Å². The quantitative estimate of drug-likeness (QED) is 0.101. The lowest BCUT2D eigenvalue weighted by molar-refractivity contribution is 0.0992. The second-order valence-electron chi connectivity index (χ2n) is 19.1. The molecule has 4 fully saturated rings. The average molecular weight is 922 g/mol. The Hall–Kier alpha value is -6.02. The molecule has 10 rings (SSSR count). The molecule has 13 heteroatoms. The van der Waals surface area contributed by atoms with E-state index in [-0.39, 0.29) is 11.8 Å². The van der Waals surface area contributed by atoms with E-state index in [4.69, 9.17) is 20.9 Å². The summed E-state index contributed by atoms with van der Waals surface area (Å²) < 4.78 is 16.0. The minimum absolute atomic E-state index is 0.371. The normalized spacial score (nSPS) is 17.9. The Labute approximate surface area is 401 Å². The molecule has 13 nitrogen and oxygen atoms in total. The summed E-state index contributed by atoms with van der Waals surface area (Å²) in [6, 6.07) is 30.0. The van der Waals surface area contributed by atoms with E-state index in [9.17, 15) is 9.59 Å². The maximum atomic E-state index is 11.6. The molecule has 0 aliphatic carbocycles. The van der Waals surface area contributed by atoms with Crippen LogP contribution in [-0.4, -0.2) is 124 Å². The van der Waals surface area contributed by atoms with Crippen LogP contribution in [0.1, 0.15) is 88.9 Å². The van der Waals surface area contributed by atoms with Gasteiger partial charge in [0.2, 0.25) is 11.8 Å². The van der Waals surface area contributed by atoms with Crippen LogP contribution in [0, 0.1) is 0 Å². The molecule has 5 N–H and O–H groups in total. The van der Waals surface area contributed by atoms with Gasteiger partial charge in [-0.2, -0.15) is 0 Å². The fourth-order valence-corrected chi connectivity index (χ4v) is 11.0. The van der Waals surface area contributed by atoms with Gasteiger partial charge in [0.15, 0.2) is 0 Å².